The zero-order chi connectivity index (χ0) is 22.9. The third-order valence-corrected chi connectivity index (χ3v) is 4.61. The fourth-order valence-corrected chi connectivity index (χ4v) is 3.16. The SMILES string of the molecule is CC(C)(C)OC(=O)NCCNC(=O)C1CCCN(C(=O)CCNC(=O)c2ccco2)C1. The number of rotatable bonds is 8. The van der Waals surface area contributed by atoms with Crippen molar-refractivity contribution in [2.45, 2.75) is 45.6 Å². The molecule has 10 heteroatoms. The summed E-state index contributed by atoms with van der Waals surface area (Å²) >= 11 is 0. The summed E-state index contributed by atoms with van der Waals surface area (Å²) in [7, 11) is 0. The Bertz CT molecular complexity index is 756. The highest BCUT2D eigenvalue weighted by molar-refractivity contribution is 5.91. The number of ether oxygens (including phenoxy) is 1. The Morgan fingerprint density at radius 3 is 2.55 bits per heavy atom. The lowest BCUT2D eigenvalue weighted by Crippen LogP contribution is -2.47. The molecule has 1 aromatic rings. The maximum absolute atomic E-state index is 12.4. The lowest BCUT2D eigenvalue weighted by molar-refractivity contribution is -0.135. The number of nitrogens with zero attached hydrogens (tertiary/aromatic N) is 1. The first-order valence-corrected chi connectivity index (χ1v) is 10.5. The van der Waals surface area contributed by atoms with Crippen LogP contribution in [0.3, 0.4) is 0 Å². The molecule has 1 aromatic heterocycles. The topological polar surface area (TPSA) is 130 Å². The van der Waals surface area contributed by atoms with Crippen molar-refractivity contribution in [3.8, 4) is 0 Å². The van der Waals surface area contributed by atoms with Crippen molar-refractivity contribution in [1.82, 2.24) is 20.9 Å². The molecular weight excluding hydrogens is 404 g/mol. The van der Waals surface area contributed by atoms with Gasteiger partial charge in [0, 0.05) is 39.1 Å². The van der Waals surface area contributed by atoms with Gasteiger partial charge in [-0.15, -0.1) is 0 Å². The van der Waals surface area contributed by atoms with Crippen LogP contribution in [0.2, 0.25) is 0 Å². The number of hydrogen-bond acceptors (Lipinski definition) is 6. The Morgan fingerprint density at radius 1 is 1.13 bits per heavy atom. The van der Waals surface area contributed by atoms with Gasteiger partial charge in [-0.2, -0.15) is 0 Å². The Hall–Kier alpha value is -3.04. The quantitative estimate of drug-likeness (QED) is 0.526. The Morgan fingerprint density at radius 2 is 1.87 bits per heavy atom. The van der Waals surface area contributed by atoms with Crippen LogP contribution >= 0.6 is 0 Å². The lowest BCUT2D eigenvalue weighted by Gasteiger charge is -2.32. The van der Waals surface area contributed by atoms with Gasteiger partial charge < -0.3 is 30.0 Å². The van der Waals surface area contributed by atoms with E-state index < -0.39 is 11.7 Å². The summed E-state index contributed by atoms with van der Waals surface area (Å²) in [5.41, 5.74) is -0.576. The summed E-state index contributed by atoms with van der Waals surface area (Å²) in [6, 6.07) is 3.17. The molecule has 0 aliphatic carbocycles. The highest BCUT2D eigenvalue weighted by atomic mass is 16.6. The molecule has 1 atom stereocenters. The van der Waals surface area contributed by atoms with Crippen LogP contribution in [-0.2, 0) is 14.3 Å². The molecule has 0 spiro atoms. The number of alkyl carbamates (subject to hydrolysis) is 1. The van der Waals surface area contributed by atoms with Crippen molar-refractivity contribution in [2.24, 2.45) is 5.92 Å². The van der Waals surface area contributed by atoms with Crippen molar-refractivity contribution in [3.63, 3.8) is 0 Å². The van der Waals surface area contributed by atoms with Gasteiger partial charge in [-0.1, -0.05) is 0 Å². The number of nitrogens with one attached hydrogen (secondary N) is 3. The van der Waals surface area contributed by atoms with Crippen molar-refractivity contribution in [1.29, 1.82) is 0 Å². The zero-order valence-electron chi connectivity index (χ0n) is 18.4. The van der Waals surface area contributed by atoms with E-state index in [0.29, 0.717) is 19.5 Å². The minimum Gasteiger partial charge on any atom is -0.459 e. The van der Waals surface area contributed by atoms with Crippen molar-refractivity contribution in [2.75, 3.05) is 32.7 Å². The van der Waals surface area contributed by atoms with E-state index in [1.807, 2.05) is 0 Å². The fraction of sp³-hybridized carbons (Fsp3) is 0.619. The molecule has 1 unspecified atom stereocenters. The number of carbonyl (C=O) groups excluding carboxylic acids is 4. The smallest absolute Gasteiger partial charge is 0.407 e. The first-order chi connectivity index (χ1) is 14.7. The molecule has 0 saturated carbocycles. The molecule has 3 N–H and O–H groups in total. The average Bonchev–Trinajstić information content (AvgIpc) is 3.24. The highest BCUT2D eigenvalue weighted by Crippen LogP contribution is 2.17. The Balaban J connectivity index is 1.66. The second kappa shape index (κ2) is 11.4. The van der Waals surface area contributed by atoms with Gasteiger partial charge in [-0.05, 0) is 45.7 Å². The number of hydrogen-bond donors (Lipinski definition) is 3. The van der Waals surface area contributed by atoms with Crippen molar-refractivity contribution >= 4 is 23.8 Å². The maximum Gasteiger partial charge on any atom is 0.407 e. The molecule has 1 saturated heterocycles. The third kappa shape index (κ3) is 8.69. The maximum atomic E-state index is 12.4. The third-order valence-electron chi connectivity index (χ3n) is 4.61. The normalized spacial score (nSPS) is 16.4. The molecule has 0 radical (unpaired) electrons. The lowest BCUT2D eigenvalue weighted by atomic mass is 9.97. The minimum atomic E-state index is -0.576. The average molecular weight is 437 g/mol. The molecule has 1 fully saturated rings. The van der Waals surface area contributed by atoms with Gasteiger partial charge in [-0.25, -0.2) is 4.79 Å². The predicted molar refractivity (Wildman–Crippen MR) is 112 cm³/mol. The second-order valence-electron chi connectivity index (χ2n) is 8.38. The number of likely N-dealkylation sites (tertiary alicyclic amines) is 1. The Labute approximate surface area is 182 Å². The van der Waals surface area contributed by atoms with Crippen LogP contribution in [0, 0.1) is 5.92 Å². The van der Waals surface area contributed by atoms with Crippen LogP contribution in [0.1, 0.15) is 50.6 Å². The van der Waals surface area contributed by atoms with Crippen LogP contribution < -0.4 is 16.0 Å². The van der Waals surface area contributed by atoms with Crippen LogP contribution in [0.15, 0.2) is 22.8 Å². The molecule has 172 valence electrons. The summed E-state index contributed by atoms with van der Waals surface area (Å²) in [5, 5.41) is 8.02. The predicted octanol–water partition coefficient (Wildman–Crippen LogP) is 1.28. The first-order valence-electron chi connectivity index (χ1n) is 10.5. The second-order valence-corrected chi connectivity index (χ2v) is 8.38. The van der Waals surface area contributed by atoms with Crippen LogP contribution in [-0.4, -0.2) is 67.0 Å². The summed E-state index contributed by atoms with van der Waals surface area (Å²) in [4.78, 5) is 49.9. The van der Waals surface area contributed by atoms with E-state index in [1.165, 1.54) is 6.26 Å². The van der Waals surface area contributed by atoms with Crippen molar-refractivity contribution < 1.29 is 28.3 Å². The van der Waals surface area contributed by atoms with E-state index in [-0.39, 0.29) is 55.5 Å². The molecular formula is C21H32N4O6. The monoisotopic (exact) mass is 436 g/mol. The van der Waals surface area contributed by atoms with E-state index in [0.717, 1.165) is 6.42 Å². The summed E-state index contributed by atoms with van der Waals surface area (Å²) < 4.78 is 10.1. The van der Waals surface area contributed by atoms with E-state index in [4.69, 9.17) is 9.15 Å². The standard InChI is InChI=1S/C21H32N4O6/c1-21(2,3)31-20(29)24-11-10-23-18(27)15-6-4-12-25(14-15)17(26)8-9-22-19(28)16-7-5-13-30-16/h5,7,13,15H,4,6,8-12,14H2,1-3H3,(H,22,28)(H,23,27)(H,24,29). The minimum absolute atomic E-state index is 0.108. The molecule has 1 aliphatic heterocycles. The molecule has 1 aliphatic rings. The molecule has 31 heavy (non-hydrogen) atoms. The van der Waals surface area contributed by atoms with E-state index in [1.54, 1.807) is 37.8 Å². The molecule has 0 bridgehead atoms. The molecule has 4 amide bonds. The summed E-state index contributed by atoms with van der Waals surface area (Å²) in [6.45, 7) is 6.99. The van der Waals surface area contributed by atoms with Gasteiger partial charge in [-0.3, -0.25) is 14.4 Å². The van der Waals surface area contributed by atoms with E-state index in [2.05, 4.69) is 16.0 Å². The van der Waals surface area contributed by atoms with Gasteiger partial charge >= 0.3 is 6.09 Å². The molecule has 2 rings (SSSR count). The van der Waals surface area contributed by atoms with Crippen molar-refractivity contribution in [3.05, 3.63) is 24.2 Å². The summed E-state index contributed by atoms with van der Waals surface area (Å²) in [5.74, 6) is -0.715. The van der Waals surface area contributed by atoms with E-state index in [9.17, 15) is 19.2 Å². The van der Waals surface area contributed by atoms with Gasteiger partial charge in [0.05, 0.1) is 12.2 Å². The van der Waals surface area contributed by atoms with Crippen LogP contribution in [0.5, 0.6) is 0 Å². The zero-order valence-corrected chi connectivity index (χ0v) is 18.4. The van der Waals surface area contributed by atoms with E-state index >= 15 is 0 Å². The molecule has 10 nitrogen and oxygen atoms in total. The first kappa shape index (κ1) is 24.2. The number of furan rings is 1. The highest BCUT2D eigenvalue weighted by Gasteiger charge is 2.28. The Kier molecular flexibility index (Phi) is 8.89. The number of amides is 4. The van der Waals surface area contributed by atoms with Crippen LogP contribution in [0.25, 0.3) is 0 Å². The summed E-state index contributed by atoms with van der Waals surface area (Å²) in [6.07, 6.45) is 2.46. The largest absolute Gasteiger partial charge is 0.459 e. The molecule has 2 heterocycles. The number of carbonyl (C=O) groups is 4. The van der Waals surface area contributed by atoms with Gasteiger partial charge in [0.1, 0.15) is 5.60 Å². The van der Waals surface area contributed by atoms with Gasteiger partial charge in [0.2, 0.25) is 11.8 Å². The number of piperidine rings is 1. The molecule has 0 aromatic carbocycles. The van der Waals surface area contributed by atoms with Crippen LogP contribution in [0.4, 0.5) is 4.79 Å². The van der Waals surface area contributed by atoms with Gasteiger partial charge in [0.25, 0.3) is 5.91 Å². The fourth-order valence-electron chi connectivity index (χ4n) is 3.16. The van der Waals surface area contributed by atoms with Gasteiger partial charge in [0.15, 0.2) is 5.76 Å².